The van der Waals surface area contributed by atoms with Crippen LogP contribution in [0.4, 0.5) is 15.8 Å². The van der Waals surface area contributed by atoms with Gasteiger partial charge in [0.25, 0.3) is 0 Å². The van der Waals surface area contributed by atoms with E-state index in [1.807, 2.05) is 0 Å². The van der Waals surface area contributed by atoms with Crippen LogP contribution in [0.2, 0.25) is 0 Å². The maximum Gasteiger partial charge on any atom is 0.319 e. The Bertz CT molecular complexity index is 369. The van der Waals surface area contributed by atoms with Gasteiger partial charge in [-0.05, 0) is 32.0 Å². The molecule has 1 aromatic rings. The lowest BCUT2D eigenvalue weighted by Crippen LogP contribution is -1.95. The van der Waals surface area contributed by atoms with Crippen LogP contribution in [0.1, 0.15) is 13.8 Å². The van der Waals surface area contributed by atoms with E-state index in [9.17, 15) is 8.96 Å². The summed E-state index contributed by atoms with van der Waals surface area (Å²) in [6.07, 6.45) is 0. The van der Waals surface area contributed by atoms with Crippen LogP contribution in [0.5, 0.6) is 0 Å². The Balaban J connectivity index is 0.000000331. The third-order valence-corrected chi connectivity index (χ3v) is 2.86. The molecule has 1 aromatic carbocycles. The van der Waals surface area contributed by atoms with Crippen molar-refractivity contribution in [3.05, 3.63) is 24.0 Å². The van der Waals surface area contributed by atoms with Crippen LogP contribution in [0.25, 0.3) is 0 Å². The normalized spacial score (nSPS) is 9.83. The van der Waals surface area contributed by atoms with E-state index in [2.05, 4.69) is 14.4 Å². The smallest absolute Gasteiger partial charge is 0.319 e. The van der Waals surface area contributed by atoms with Crippen molar-refractivity contribution in [2.45, 2.75) is 13.8 Å². The van der Waals surface area contributed by atoms with Crippen LogP contribution < -0.4 is 11.1 Å². The first-order valence-electron chi connectivity index (χ1n) is 5.57. The number of nitrogen functional groups attached to an aromatic ring is 1. The molecule has 0 aliphatic heterocycles. The largest absolute Gasteiger partial charge is 0.397 e. The van der Waals surface area contributed by atoms with Gasteiger partial charge in [0.15, 0.2) is 0 Å². The number of hydrogen-bond donors (Lipinski definition) is 2. The Kier molecular flexibility index (Phi) is 9.28. The van der Waals surface area contributed by atoms with Crippen molar-refractivity contribution in [3.8, 4) is 0 Å². The van der Waals surface area contributed by atoms with Crippen molar-refractivity contribution in [3.63, 3.8) is 0 Å². The Morgan fingerprint density at radius 1 is 1.33 bits per heavy atom. The van der Waals surface area contributed by atoms with Gasteiger partial charge >= 0.3 is 8.25 Å². The molecule has 0 saturated heterocycles. The molecule has 7 heteroatoms. The van der Waals surface area contributed by atoms with Crippen molar-refractivity contribution >= 4 is 19.6 Å². The summed E-state index contributed by atoms with van der Waals surface area (Å²) in [6, 6.07) is 4.25. The molecule has 0 heterocycles. The highest BCUT2D eigenvalue weighted by molar-refractivity contribution is 7.33. The third-order valence-electron chi connectivity index (χ3n) is 1.81. The molecule has 104 valence electrons. The number of benzene rings is 1. The minimum absolute atomic E-state index is 0.309. The summed E-state index contributed by atoms with van der Waals surface area (Å²) in [5.41, 5.74) is 6.61. The highest BCUT2D eigenvalue weighted by Gasteiger charge is 1.96. The van der Waals surface area contributed by atoms with Gasteiger partial charge in [-0.15, -0.1) is 0 Å². The average Bonchev–Trinajstić information content (AvgIpc) is 2.30. The number of nitrogens with one attached hydrogen (secondary N) is 1. The molecule has 0 atom stereocenters. The van der Waals surface area contributed by atoms with Crippen LogP contribution in [-0.4, -0.2) is 20.3 Å². The zero-order valence-corrected chi connectivity index (χ0v) is 11.8. The van der Waals surface area contributed by atoms with E-state index in [0.29, 0.717) is 18.9 Å². The van der Waals surface area contributed by atoms with Gasteiger partial charge in [-0.2, -0.15) is 0 Å². The summed E-state index contributed by atoms with van der Waals surface area (Å²) in [5, 5.41) is 2.83. The van der Waals surface area contributed by atoms with Gasteiger partial charge in [0.05, 0.1) is 24.6 Å². The average molecular weight is 278 g/mol. The predicted molar refractivity (Wildman–Crippen MR) is 72.6 cm³/mol. The van der Waals surface area contributed by atoms with Crippen LogP contribution in [0.3, 0.4) is 0 Å². The van der Waals surface area contributed by atoms with Crippen molar-refractivity contribution in [1.82, 2.24) is 0 Å². The van der Waals surface area contributed by atoms with Crippen molar-refractivity contribution < 1.29 is 18.0 Å². The highest BCUT2D eigenvalue weighted by Crippen LogP contribution is 2.21. The Labute approximate surface area is 107 Å². The Morgan fingerprint density at radius 3 is 2.28 bits per heavy atom. The summed E-state index contributed by atoms with van der Waals surface area (Å²) in [6.45, 7) is 4.47. The quantitative estimate of drug-likeness (QED) is 0.640. The molecule has 3 N–H and O–H groups in total. The van der Waals surface area contributed by atoms with E-state index >= 15 is 0 Å². The fraction of sp³-hybridized carbons (Fsp3) is 0.455. The Morgan fingerprint density at radius 2 is 1.89 bits per heavy atom. The highest BCUT2D eigenvalue weighted by atomic mass is 31.1. The summed E-state index contributed by atoms with van der Waals surface area (Å²) in [4.78, 5) is 0. The fourth-order valence-corrected chi connectivity index (χ4v) is 1.59. The lowest BCUT2D eigenvalue weighted by atomic mass is 10.2. The number of halogens is 1. The molecule has 0 aromatic heterocycles. The molecule has 0 amide bonds. The summed E-state index contributed by atoms with van der Waals surface area (Å²) < 4.78 is 32.0. The third kappa shape index (κ3) is 7.27. The zero-order valence-electron chi connectivity index (χ0n) is 10.8. The molecular formula is C11H20FN2O3P. The van der Waals surface area contributed by atoms with Crippen LogP contribution >= 0.6 is 8.25 Å². The van der Waals surface area contributed by atoms with Crippen LogP contribution in [0.15, 0.2) is 18.2 Å². The van der Waals surface area contributed by atoms with E-state index in [4.69, 9.17) is 5.73 Å². The van der Waals surface area contributed by atoms with Crippen LogP contribution in [-0.2, 0) is 13.6 Å². The number of rotatable bonds is 5. The molecule has 18 heavy (non-hydrogen) atoms. The molecular weight excluding hydrogens is 258 g/mol. The van der Waals surface area contributed by atoms with Gasteiger partial charge in [-0.3, -0.25) is 4.57 Å². The zero-order chi connectivity index (χ0) is 14.0. The molecule has 0 unspecified atom stereocenters. The van der Waals surface area contributed by atoms with Gasteiger partial charge in [0.2, 0.25) is 0 Å². The predicted octanol–water partition coefficient (Wildman–Crippen LogP) is 2.90. The second-order valence-electron chi connectivity index (χ2n) is 3.10. The van der Waals surface area contributed by atoms with E-state index in [0.717, 1.165) is 5.69 Å². The molecule has 1 rings (SSSR count). The molecule has 0 bridgehead atoms. The van der Waals surface area contributed by atoms with E-state index in [1.54, 1.807) is 27.0 Å². The maximum absolute atomic E-state index is 12.4. The molecule has 0 spiro atoms. The van der Waals surface area contributed by atoms with E-state index < -0.39 is 8.25 Å². The fourth-order valence-electron chi connectivity index (χ4n) is 1.04. The lowest BCUT2D eigenvalue weighted by Gasteiger charge is -2.02. The SMILES string of the molecule is CCO[PH](=O)OCC.CNc1ccc(F)cc1N. The molecule has 5 nitrogen and oxygen atoms in total. The van der Waals surface area contributed by atoms with E-state index in [-0.39, 0.29) is 5.82 Å². The monoisotopic (exact) mass is 278 g/mol. The second kappa shape index (κ2) is 9.88. The molecule has 0 aliphatic carbocycles. The van der Waals surface area contributed by atoms with Gasteiger partial charge in [-0.25, -0.2) is 4.39 Å². The summed E-state index contributed by atoms with van der Waals surface area (Å²) >= 11 is 0. The minimum atomic E-state index is -2.14. The summed E-state index contributed by atoms with van der Waals surface area (Å²) in [7, 11) is -0.402. The van der Waals surface area contributed by atoms with Gasteiger partial charge in [0, 0.05) is 7.05 Å². The first-order valence-corrected chi connectivity index (χ1v) is 6.79. The number of hydrogen-bond acceptors (Lipinski definition) is 5. The molecule has 0 aliphatic rings. The standard InChI is InChI=1S/C7H9FN2.C4H11O3P/c1-10-7-3-2-5(8)4-6(7)9;1-3-6-8(5)7-4-2/h2-4,10H,9H2,1H3;8H,3-4H2,1-2H3. The topological polar surface area (TPSA) is 73.6 Å². The maximum atomic E-state index is 12.4. The minimum Gasteiger partial charge on any atom is -0.397 e. The van der Waals surface area contributed by atoms with Crippen molar-refractivity contribution in [2.75, 3.05) is 31.3 Å². The molecule has 0 saturated carbocycles. The molecule has 0 radical (unpaired) electrons. The Hall–Kier alpha value is -1.10. The van der Waals surface area contributed by atoms with Gasteiger partial charge in [-0.1, -0.05) is 0 Å². The number of anilines is 2. The van der Waals surface area contributed by atoms with Crippen molar-refractivity contribution in [1.29, 1.82) is 0 Å². The van der Waals surface area contributed by atoms with Crippen molar-refractivity contribution in [2.24, 2.45) is 0 Å². The van der Waals surface area contributed by atoms with Gasteiger partial charge < -0.3 is 20.1 Å². The summed E-state index contributed by atoms with van der Waals surface area (Å²) in [5.74, 6) is -0.309. The van der Waals surface area contributed by atoms with Gasteiger partial charge in [0.1, 0.15) is 5.82 Å². The number of nitrogens with two attached hydrogens (primary N) is 1. The molecule has 0 fully saturated rings. The van der Waals surface area contributed by atoms with Crippen LogP contribution in [0, 0.1) is 5.82 Å². The first kappa shape index (κ1) is 16.9. The lowest BCUT2D eigenvalue weighted by molar-refractivity contribution is 0.243. The van der Waals surface area contributed by atoms with E-state index in [1.165, 1.54) is 12.1 Å². The second-order valence-corrected chi connectivity index (χ2v) is 4.17. The first-order chi connectivity index (χ1) is 8.54.